The Hall–Kier alpha value is -1.44. The highest BCUT2D eigenvalue weighted by Gasteiger charge is 2.16. The summed E-state index contributed by atoms with van der Waals surface area (Å²) in [4.78, 5) is 22.4. The minimum atomic E-state index is -0.554. The topological polar surface area (TPSA) is 72.2 Å². The van der Waals surface area contributed by atoms with Crippen molar-refractivity contribution in [3.8, 4) is 0 Å². The number of halogens is 3. The van der Waals surface area contributed by atoms with Gasteiger partial charge in [-0.1, -0.05) is 11.6 Å². The molecule has 0 aliphatic rings. The Bertz CT molecular complexity index is 737. The summed E-state index contributed by atoms with van der Waals surface area (Å²) >= 11 is 12.3. The average molecular weight is 434 g/mol. The standard InChI is InChI=1S/C13H7Br2ClN2O3/c14-10-3-2-8(18(20)21)6-9(10)13(19)17-12-4-1-7(16)5-11(12)15/h1-6H,(H,17,19). The van der Waals surface area contributed by atoms with E-state index in [1.807, 2.05) is 0 Å². The van der Waals surface area contributed by atoms with Gasteiger partial charge in [-0.05, 0) is 56.1 Å². The summed E-state index contributed by atoms with van der Waals surface area (Å²) < 4.78 is 1.08. The Balaban J connectivity index is 2.32. The largest absolute Gasteiger partial charge is 0.321 e. The van der Waals surface area contributed by atoms with E-state index < -0.39 is 10.8 Å². The third kappa shape index (κ3) is 3.81. The maximum atomic E-state index is 12.2. The lowest BCUT2D eigenvalue weighted by Gasteiger charge is -2.09. The number of hydrogen-bond acceptors (Lipinski definition) is 3. The van der Waals surface area contributed by atoms with Crippen LogP contribution in [0.1, 0.15) is 10.4 Å². The zero-order chi connectivity index (χ0) is 15.6. The van der Waals surface area contributed by atoms with Gasteiger partial charge in [0.15, 0.2) is 0 Å². The molecule has 0 unspecified atom stereocenters. The van der Waals surface area contributed by atoms with Crippen molar-refractivity contribution in [3.05, 3.63) is 66.0 Å². The molecule has 21 heavy (non-hydrogen) atoms. The van der Waals surface area contributed by atoms with Gasteiger partial charge in [-0.15, -0.1) is 0 Å². The zero-order valence-electron chi connectivity index (χ0n) is 10.3. The number of hydrogen-bond donors (Lipinski definition) is 1. The van der Waals surface area contributed by atoms with Crippen molar-refractivity contribution in [1.29, 1.82) is 0 Å². The number of rotatable bonds is 3. The second kappa shape index (κ2) is 6.55. The number of carbonyl (C=O) groups is 1. The van der Waals surface area contributed by atoms with Gasteiger partial charge in [0.05, 0.1) is 16.2 Å². The van der Waals surface area contributed by atoms with Crippen LogP contribution in [-0.4, -0.2) is 10.8 Å². The van der Waals surface area contributed by atoms with E-state index in [9.17, 15) is 14.9 Å². The number of non-ortho nitro benzene ring substituents is 1. The minimum Gasteiger partial charge on any atom is -0.321 e. The fraction of sp³-hybridized carbons (Fsp3) is 0. The van der Waals surface area contributed by atoms with E-state index in [-0.39, 0.29) is 11.3 Å². The molecule has 2 aromatic carbocycles. The van der Waals surface area contributed by atoms with Gasteiger partial charge < -0.3 is 5.32 Å². The molecule has 0 bridgehead atoms. The summed E-state index contributed by atoms with van der Waals surface area (Å²) in [6.07, 6.45) is 0. The van der Waals surface area contributed by atoms with Crippen LogP contribution in [0.15, 0.2) is 45.3 Å². The van der Waals surface area contributed by atoms with Gasteiger partial charge >= 0.3 is 0 Å². The van der Waals surface area contributed by atoms with E-state index in [4.69, 9.17) is 11.6 Å². The maximum absolute atomic E-state index is 12.2. The molecule has 2 aromatic rings. The quantitative estimate of drug-likeness (QED) is 0.544. The molecule has 8 heteroatoms. The summed E-state index contributed by atoms with van der Waals surface area (Å²) in [5.74, 6) is -0.464. The Morgan fingerprint density at radius 1 is 1.14 bits per heavy atom. The van der Waals surface area contributed by atoms with Crippen LogP contribution in [0.5, 0.6) is 0 Å². The van der Waals surface area contributed by atoms with Crippen molar-refractivity contribution in [3.63, 3.8) is 0 Å². The van der Waals surface area contributed by atoms with Crippen molar-refractivity contribution in [1.82, 2.24) is 0 Å². The highest BCUT2D eigenvalue weighted by molar-refractivity contribution is 9.11. The fourth-order valence-corrected chi connectivity index (χ4v) is 2.79. The maximum Gasteiger partial charge on any atom is 0.270 e. The molecule has 0 aliphatic carbocycles. The molecular weight excluding hydrogens is 427 g/mol. The zero-order valence-corrected chi connectivity index (χ0v) is 14.2. The van der Waals surface area contributed by atoms with Gasteiger partial charge in [-0.2, -0.15) is 0 Å². The first-order valence-electron chi connectivity index (χ1n) is 5.59. The second-order valence-electron chi connectivity index (χ2n) is 4.00. The summed E-state index contributed by atoms with van der Waals surface area (Å²) in [5.41, 5.74) is 0.535. The van der Waals surface area contributed by atoms with E-state index >= 15 is 0 Å². The van der Waals surface area contributed by atoms with Crippen LogP contribution in [0.25, 0.3) is 0 Å². The Kier molecular flexibility index (Phi) is 4.97. The molecule has 0 radical (unpaired) electrons. The lowest BCUT2D eigenvalue weighted by molar-refractivity contribution is -0.384. The van der Waals surface area contributed by atoms with E-state index in [0.717, 1.165) is 0 Å². The summed E-state index contributed by atoms with van der Waals surface area (Å²) in [5, 5.41) is 14.0. The number of nitrogens with zero attached hydrogens (tertiary/aromatic N) is 1. The number of nitrogens with one attached hydrogen (secondary N) is 1. The molecule has 1 N–H and O–H groups in total. The first-order chi connectivity index (χ1) is 9.88. The molecule has 1 amide bonds. The molecule has 0 aromatic heterocycles. The molecule has 0 saturated heterocycles. The Labute approximate surface area is 141 Å². The molecule has 0 saturated carbocycles. The summed E-state index contributed by atoms with van der Waals surface area (Å²) in [6.45, 7) is 0. The lowest BCUT2D eigenvalue weighted by atomic mass is 10.2. The number of amides is 1. The monoisotopic (exact) mass is 432 g/mol. The summed E-state index contributed by atoms with van der Waals surface area (Å²) in [7, 11) is 0. The molecule has 0 aliphatic heterocycles. The predicted octanol–water partition coefficient (Wildman–Crippen LogP) is 5.03. The molecule has 108 valence electrons. The first kappa shape index (κ1) is 15.9. The van der Waals surface area contributed by atoms with Crippen LogP contribution < -0.4 is 5.32 Å². The third-order valence-electron chi connectivity index (χ3n) is 2.58. The molecule has 0 atom stereocenters. The number of anilines is 1. The predicted molar refractivity (Wildman–Crippen MR) is 87.9 cm³/mol. The second-order valence-corrected chi connectivity index (χ2v) is 6.14. The first-order valence-corrected chi connectivity index (χ1v) is 7.55. The van der Waals surface area contributed by atoms with Crippen molar-refractivity contribution in [2.45, 2.75) is 0 Å². The van der Waals surface area contributed by atoms with Gasteiger partial charge in [0, 0.05) is 26.1 Å². The molecule has 0 fully saturated rings. The van der Waals surface area contributed by atoms with Crippen LogP contribution in [-0.2, 0) is 0 Å². The fourth-order valence-electron chi connectivity index (χ4n) is 1.58. The van der Waals surface area contributed by atoms with E-state index in [1.165, 1.54) is 18.2 Å². The van der Waals surface area contributed by atoms with Gasteiger partial charge in [-0.25, -0.2) is 0 Å². The van der Waals surface area contributed by atoms with Crippen LogP contribution in [0, 0.1) is 10.1 Å². The average Bonchev–Trinajstić information content (AvgIpc) is 2.42. The number of nitro benzene ring substituents is 1. The SMILES string of the molecule is O=C(Nc1ccc(Cl)cc1Br)c1cc([N+](=O)[O-])ccc1Br. The number of benzene rings is 2. The molecule has 5 nitrogen and oxygen atoms in total. The smallest absolute Gasteiger partial charge is 0.270 e. The van der Waals surface area contributed by atoms with E-state index in [1.54, 1.807) is 18.2 Å². The molecule has 0 spiro atoms. The lowest BCUT2D eigenvalue weighted by Crippen LogP contribution is -2.13. The molecule has 2 rings (SSSR count). The highest BCUT2D eigenvalue weighted by Crippen LogP contribution is 2.28. The third-order valence-corrected chi connectivity index (χ3v) is 4.17. The van der Waals surface area contributed by atoms with Crippen LogP contribution in [0.4, 0.5) is 11.4 Å². The van der Waals surface area contributed by atoms with E-state index in [2.05, 4.69) is 37.2 Å². The van der Waals surface area contributed by atoms with Crippen molar-refractivity contribution in [2.75, 3.05) is 5.32 Å². The van der Waals surface area contributed by atoms with Gasteiger partial charge in [0.1, 0.15) is 0 Å². The number of nitro groups is 1. The Morgan fingerprint density at radius 3 is 2.48 bits per heavy atom. The molecular formula is C13H7Br2ClN2O3. The van der Waals surface area contributed by atoms with Gasteiger partial charge in [-0.3, -0.25) is 14.9 Å². The van der Waals surface area contributed by atoms with Crippen LogP contribution in [0.3, 0.4) is 0 Å². The number of carbonyl (C=O) groups excluding carboxylic acids is 1. The van der Waals surface area contributed by atoms with E-state index in [0.29, 0.717) is 19.7 Å². The normalized spacial score (nSPS) is 10.2. The molecule has 0 heterocycles. The minimum absolute atomic E-state index is 0.154. The highest BCUT2D eigenvalue weighted by atomic mass is 79.9. The van der Waals surface area contributed by atoms with Gasteiger partial charge in [0.2, 0.25) is 0 Å². The van der Waals surface area contributed by atoms with Crippen molar-refractivity contribution < 1.29 is 9.72 Å². The van der Waals surface area contributed by atoms with Crippen molar-refractivity contribution >= 4 is 60.7 Å². The van der Waals surface area contributed by atoms with Crippen molar-refractivity contribution in [2.24, 2.45) is 0 Å². The van der Waals surface area contributed by atoms with Gasteiger partial charge in [0.25, 0.3) is 11.6 Å². The Morgan fingerprint density at radius 2 is 1.86 bits per heavy atom. The van der Waals surface area contributed by atoms with Crippen LogP contribution in [0.2, 0.25) is 5.02 Å². The van der Waals surface area contributed by atoms with Crippen LogP contribution >= 0.6 is 43.5 Å². The summed E-state index contributed by atoms with van der Waals surface area (Å²) in [6, 6.07) is 8.89.